The van der Waals surface area contributed by atoms with Crippen LogP contribution in [0.3, 0.4) is 0 Å². The van der Waals surface area contributed by atoms with Gasteiger partial charge in [0.05, 0.1) is 11.4 Å². The van der Waals surface area contributed by atoms with Gasteiger partial charge in [-0.1, -0.05) is 42.5 Å². The summed E-state index contributed by atoms with van der Waals surface area (Å²) in [5.41, 5.74) is 10.4. The van der Waals surface area contributed by atoms with Crippen molar-refractivity contribution in [3.63, 3.8) is 0 Å². The fourth-order valence-electron chi connectivity index (χ4n) is 4.04. The Morgan fingerprint density at radius 2 is 1.79 bits per heavy atom. The molecule has 9 heteroatoms. The summed E-state index contributed by atoms with van der Waals surface area (Å²) in [5, 5.41) is 6.29. The van der Waals surface area contributed by atoms with E-state index in [0.29, 0.717) is 30.9 Å². The summed E-state index contributed by atoms with van der Waals surface area (Å²) in [6.45, 7) is 2.75. The maximum Gasteiger partial charge on any atom is 0.251 e. The number of benzene rings is 3. The Bertz CT molecular complexity index is 1250. The number of sulfonamides is 1. The van der Waals surface area contributed by atoms with Crippen molar-refractivity contribution in [3.05, 3.63) is 89.5 Å². The summed E-state index contributed by atoms with van der Waals surface area (Å²) in [6.07, 6.45) is 0.621. The smallest absolute Gasteiger partial charge is 0.251 e. The van der Waals surface area contributed by atoms with Crippen LogP contribution in [-0.2, 0) is 21.4 Å². The van der Waals surface area contributed by atoms with E-state index >= 15 is 0 Å². The number of hydrogen-bond donors (Lipinski definition) is 3. The lowest BCUT2D eigenvalue weighted by Crippen LogP contribution is -2.28. The molecule has 3 aromatic carbocycles. The molecule has 3 aromatic rings. The molecular formula is C25H29ClN4O3S. The number of nitrogens with two attached hydrogens (primary N) is 1. The number of anilines is 3. The minimum absolute atomic E-state index is 0. The van der Waals surface area contributed by atoms with Crippen LogP contribution in [0.4, 0.5) is 17.1 Å². The van der Waals surface area contributed by atoms with Gasteiger partial charge in [-0.2, -0.15) is 0 Å². The second-order valence-corrected chi connectivity index (χ2v) is 10.1. The van der Waals surface area contributed by atoms with E-state index < -0.39 is 16.1 Å². The van der Waals surface area contributed by atoms with Gasteiger partial charge in [0.15, 0.2) is 0 Å². The maximum atomic E-state index is 13.3. The van der Waals surface area contributed by atoms with Gasteiger partial charge in [0.2, 0.25) is 10.0 Å². The van der Waals surface area contributed by atoms with Gasteiger partial charge in [0.25, 0.3) is 5.91 Å². The number of hydrogen-bond acceptors (Lipinski definition) is 5. The highest BCUT2D eigenvalue weighted by Gasteiger charge is 2.29. The van der Waals surface area contributed by atoms with E-state index in [-0.39, 0.29) is 24.1 Å². The number of aryl methyl sites for hydroxylation is 1. The first-order chi connectivity index (χ1) is 15.9. The monoisotopic (exact) mass is 500 g/mol. The third kappa shape index (κ3) is 5.70. The molecule has 0 bridgehead atoms. The van der Waals surface area contributed by atoms with Crippen LogP contribution in [0, 0.1) is 6.92 Å². The predicted molar refractivity (Wildman–Crippen MR) is 140 cm³/mol. The molecule has 4 rings (SSSR count). The molecule has 34 heavy (non-hydrogen) atoms. The number of halogens is 1. The molecule has 4 N–H and O–H groups in total. The Morgan fingerprint density at radius 1 is 1.03 bits per heavy atom. The van der Waals surface area contributed by atoms with Crippen LogP contribution in [-0.4, -0.2) is 26.6 Å². The first-order valence-corrected chi connectivity index (χ1v) is 12.5. The average Bonchev–Trinajstić information content (AvgIpc) is 3.17. The lowest BCUT2D eigenvalue weighted by Gasteiger charge is -2.22. The summed E-state index contributed by atoms with van der Waals surface area (Å²) in [7, 11) is -3.26. The summed E-state index contributed by atoms with van der Waals surface area (Å²) in [5.74, 6) is -0.0546. The number of carbonyl (C=O) groups excluding carboxylic acids is 1. The van der Waals surface area contributed by atoms with Crippen molar-refractivity contribution >= 4 is 45.4 Å². The molecule has 0 radical (unpaired) electrons. The van der Waals surface area contributed by atoms with Gasteiger partial charge >= 0.3 is 0 Å². The Morgan fingerprint density at radius 3 is 2.44 bits per heavy atom. The molecule has 1 fully saturated rings. The highest BCUT2D eigenvalue weighted by atomic mass is 35.5. The fraction of sp³-hybridized carbons (Fsp3) is 0.240. The zero-order valence-electron chi connectivity index (χ0n) is 18.9. The summed E-state index contributed by atoms with van der Waals surface area (Å²) >= 11 is 0. The van der Waals surface area contributed by atoms with E-state index in [1.165, 1.54) is 4.31 Å². The molecule has 1 atom stereocenters. The first-order valence-electron chi connectivity index (χ1n) is 10.9. The van der Waals surface area contributed by atoms with Crippen LogP contribution in [0.25, 0.3) is 0 Å². The van der Waals surface area contributed by atoms with Gasteiger partial charge < -0.3 is 16.4 Å². The minimum Gasteiger partial charge on any atom is -0.370 e. The van der Waals surface area contributed by atoms with Crippen molar-refractivity contribution < 1.29 is 13.2 Å². The summed E-state index contributed by atoms with van der Waals surface area (Å²) < 4.78 is 26.0. The van der Waals surface area contributed by atoms with Crippen LogP contribution >= 0.6 is 12.4 Å². The van der Waals surface area contributed by atoms with Crippen molar-refractivity contribution in [1.29, 1.82) is 0 Å². The lowest BCUT2D eigenvalue weighted by atomic mass is 10.0. The van der Waals surface area contributed by atoms with Crippen LogP contribution in [0.15, 0.2) is 72.8 Å². The molecule has 1 unspecified atom stereocenters. The summed E-state index contributed by atoms with van der Waals surface area (Å²) in [6, 6.07) is 21.8. The molecule has 1 aliphatic rings. The molecule has 7 nitrogen and oxygen atoms in total. The van der Waals surface area contributed by atoms with E-state index in [1.54, 1.807) is 18.2 Å². The van der Waals surface area contributed by atoms with Gasteiger partial charge in [-0.25, -0.2) is 8.42 Å². The normalized spacial score (nSPS) is 15.3. The van der Waals surface area contributed by atoms with E-state index in [0.717, 1.165) is 22.4 Å². The van der Waals surface area contributed by atoms with E-state index in [2.05, 4.69) is 10.6 Å². The van der Waals surface area contributed by atoms with Crippen molar-refractivity contribution in [2.45, 2.75) is 25.9 Å². The molecule has 1 aliphatic heterocycles. The number of carbonyl (C=O) groups is 1. The van der Waals surface area contributed by atoms with Gasteiger partial charge in [0, 0.05) is 24.5 Å². The highest BCUT2D eigenvalue weighted by Crippen LogP contribution is 2.30. The number of nitrogens with zero attached hydrogens (tertiary/aromatic N) is 1. The van der Waals surface area contributed by atoms with Crippen molar-refractivity contribution in [1.82, 2.24) is 0 Å². The molecule has 1 saturated heterocycles. The molecule has 1 amide bonds. The highest BCUT2D eigenvalue weighted by molar-refractivity contribution is 7.93. The van der Waals surface area contributed by atoms with Crippen LogP contribution in [0.2, 0.25) is 0 Å². The Hall–Kier alpha value is -3.07. The molecule has 0 aromatic heterocycles. The first kappa shape index (κ1) is 25.6. The molecule has 1 heterocycles. The number of nitrogens with one attached hydrogen (secondary N) is 2. The van der Waals surface area contributed by atoms with Crippen molar-refractivity contribution in [2.75, 3.05) is 27.2 Å². The minimum atomic E-state index is -3.26. The van der Waals surface area contributed by atoms with Crippen LogP contribution in [0.5, 0.6) is 0 Å². The zero-order chi connectivity index (χ0) is 23.4. The lowest BCUT2D eigenvalue weighted by molar-refractivity contribution is -0.117. The summed E-state index contributed by atoms with van der Waals surface area (Å²) in [4.78, 5) is 13.3. The van der Waals surface area contributed by atoms with E-state index in [4.69, 9.17) is 5.73 Å². The second-order valence-electron chi connectivity index (χ2n) is 8.12. The van der Waals surface area contributed by atoms with E-state index in [9.17, 15) is 13.2 Å². The maximum absolute atomic E-state index is 13.3. The van der Waals surface area contributed by atoms with Crippen molar-refractivity contribution in [3.8, 4) is 0 Å². The van der Waals surface area contributed by atoms with Crippen molar-refractivity contribution in [2.24, 2.45) is 5.73 Å². The Kier molecular flexibility index (Phi) is 8.19. The average molecular weight is 501 g/mol. The van der Waals surface area contributed by atoms with Gasteiger partial charge in [-0.3, -0.25) is 9.10 Å². The molecular weight excluding hydrogens is 472 g/mol. The van der Waals surface area contributed by atoms with Crippen LogP contribution < -0.4 is 20.7 Å². The van der Waals surface area contributed by atoms with E-state index in [1.807, 2.05) is 61.5 Å². The van der Waals surface area contributed by atoms with Gasteiger partial charge in [-0.15, -0.1) is 12.4 Å². The third-order valence-electron chi connectivity index (χ3n) is 5.70. The molecule has 0 spiro atoms. The standard InChI is InChI=1S/C25H28N4O3S.ClH/c1-18-15-22(11-12-23(18)29-13-6-14-33(29,31)32)28-25(30)24(20-8-3-2-4-9-20)27-21-10-5-7-19(16-21)17-26;/h2-5,7-12,15-16,24,27H,6,13-14,17,26H2,1H3,(H,28,30);1H. The topological polar surface area (TPSA) is 105 Å². The SMILES string of the molecule is Cc1cc(NC(=O)C(Nc2cccc(CN)c2)c2ccccc2)ccc1N1CCCS1(=O)=O.Cl. The number of amides is 1. The number of rotatable bonds is 7. The molecule has 180 valence electrons. The third-order valence-corrected chi connectivity index (χ3v) is 7.56. The zero-order valence-corrected chi connectivity index (χ0v) is 20.5. The Labute approximate surface area is 206 Å². The quantitative estimate of drug-likeness (QED) is 0.451. The Balaban J connectivity index is 0.00000324. The van der Waals surface area contributed by atoms with Gasteiger partial charge in [-0.05, 0) is 60.4 Å². The second kappa shape index (κ2) is 10.9. The largest absolute Gasteiger partial charge is 0.370 e. The molecule has 0 aliphatic carbocycles. The van der Waals surface area contributed by atoms with Crippen LogP contribution in [0.1, 0.15) is 29.2 Å². The fourth-order valence-corrected chi connectivity index (χ4v) is 5.66. The molecule has 0 saturated carbocycles. The predicted octanol–water partition coefficient (Wildman–Crippen LogP) is 4.21. The van der Waals surface area contributed by atoms with Gasteiger partial charge in [0.1, 0.15) is 6.04 Å².